The van der Waals surface area contributed by atoms with Crippen molar-refractivity contribution in [3.63, 3.8) is 0 Å². The lowest BCUT2D eigenvalue weighted by molar-refractivity contribution is 0.124. The van der Waals surface area contributed by atoms with E-state index in [9.17, 15) is 5.26 Å². The third-order valence-corrected chi connectivity index (χ3v) is 5.12. The molecule has 0 spiro atoms. The molecule has 2 fully saturated rings. The van der Waals surface area contributed by atoms with Gasteiger partial charge in [0.05, 0.1) is 18.2 Å². The van der Waals surface area contributed by atoms with Crippen LogP contribution in [0.4, 0.5) is 0 Å². The molecule has 23 heavy (non-hydrogen) atoms. The lowest BCUT2D eigenvalue weighted by Gasteiger charge is -2.30. The standard InChI is InChI=1S/C17H22N6/c18-7-5-15(12-3-1-2-4-12)23-10-13(9-22-23)16-14-6-8-19-17(14)21-11-20-16/h6,8,11-13,15,22H,1-5,9-10H2,(H,19,20,21)/t13?,15-/m1/s1/i9D2. The number of aromatic nitrogens is 3. The van der Waals surface area contributed by atoms with Crippen LogP contribution in [0.15, 0.2) is 18.6 Å². The van der Waals surface area contributed by atoms with Crippen LogP contribution in [0.1, 0.15) is 46.5 Å². The summed E-state index contributed by atoms with van der Waals surface area (Å²) in [4.78, 5) is 11.7. The highest BCUT2D eigenvalue weighted by Crippen LogP contribution is 2.34. The van der Waals surface area contributed by atoms with Gasteiger partial charge >= 0.3 is 0 Å². The van der Waals surface area contributed by atoms with Gasteiger partial charge in [0.25, 0.3) is 0 Å². The van der Waals surface area contributed by atoms with Crippen LogP contribution >= 0.6 is 0 Å². The van der Waals surface area contributed by atoms with Gasteiger partial charge in [-0.15, -0.1) is 0 Å². The molecular weight excluding hydrogens is 288 g/mol. The number of nitrogens with zero attached hydrogens (tertiary/aromatic N) is 4. The first-order valence-electron chi connectivity index (χ1n) is 9.29. The molecular formula is C17H22N6. The zero-order valence-corrected chi connectivity index (χ0v) is 13.0. The van der Waals surface area contributed by atoms with Gasteiger partial charge in [0.1, 0.15) is 12.0 Å². The van der Waals surface area contributed by atoms with E-state index in [1.54, 1.807) is 6.20 Å². The van der Waals surface area contributed by atoms with E-state index < -0.39 is 12.4 Å². The second kappa shape index (κ2) is 6.26. The summed E-state index contributed by atoms with van der Waals surface area (Å²) in [6.07, 6.45) is 8.34. The van der Waals surface area contributed by atoms with Crippen LogP contribution in [-0.2, 0) is 0 Å². The first-order valence-corrected chi connectivity index (χ1v) is 8.29. The summed E-state index contributed by atoms with van der Waals surface area (Å²) in [7, 11) is 0. The molecule has 1 aliphatic carbocycles. The maximum atomic E-state index is 9.26. The Morgan fingerprint density at radius 2 is 2.30 bits per heavy atom. The Morgan fingerprint density at radius 3 is 3.13 bits per heavy atom. The number of rotatable bonds is 4. The Balaban J connectivity index is 1.64. The molecule has 0 bridgehead atoms. The third-order valence-electron chi connectivity index (χ3n) is 5.12. The predicted octanol–water partition coefficient (Wildman–Crippen LogP) is 2.33. The summed E-state index contributed by atoms with van der Waals surface area (Å²) in [6, 6.07) is 4.24. The van der Waals surface area contributed by atoms with Crippen molar-refractivity contribution in [3.8, 4) is 6.07 Å². The molecule has 2 atom stereocenters. The van der Waals surface area contributed by atoms with Crippen molar-refractivity contribution in [2.24, 2.45) is 5.92 Å². The van der Waals surface area contributed by atoms with Gasteiger partial charge in [-0.05, 0) is 24.8 Å². The molecule has 6 nitrogen and oxygen atoms in total. The minimum Gasteiger partial charge on any atom is -0.346 e. The van der Waals surface area contributed by atoms with E-state index in [-0.39, 0.29) is 6.04 Å². The number of H-pyrrole nitrogens is 1. The number of aromatic amines is 1. The van der Waals surface area contributed by atoms with E-state index in [0.29, 0.717) is 24.6 Å². The summed E-state index contributed by atoms with van der Waals surface area (Å²) in [6.45, 7) is -1.10. The Morgan fingerprint density at radius 1 is 1.43 bits per heavy atom. The third kappa shape index (κ3) is 2.71. The monoisotopic (exact) mass is 312 g/mol. The van der Waals surface area contributed by atoms with Crippen LogP contribution in [0.25, 0.3) is 11.0 Å². The zero-order valence-electron chi connectivity index (χ0n) is 15.0. The molecule has 1 saturated carbocycles. The van der Waals surface area contributed by atoms with Gasteiger partial charge < -0.3 is 4.98 Å². The maximum Gasteiger partial charge on any atom is 0.140 e. The number of hydrazine groups is 1. The highest BCUT2D eigenvalue weighted by atomic mass is 15.5. The van der Waals surface area contributed by atoms with Crippen molar-refractivity contribution in [1.82, 2.24) is 25.4 Å². The van der Waals surface area contributed by atoms with Crippen molar-refractivity contribution in [3.05, 3.63) is 24.3 Å². The van der Waals surface area contributed by atoms with Crippen molar-refractivity contribution < 1.29 is 2.74 Å². The Labute approximate surface area is 138 Å². The fourth-order valence-electron chi connectivity index (χ4n) is 3.96. The molecule has 6 heteroatoms. The van der Waals surface area contributed by atoms with Crippen LogP contribution in [0.2, 0.25) is 0 Å². The first kappa shape index (κ1) is 12.5. The van der Waals surface area contributed by atoms with Gasteiger partial charge in [-0.25, -0.2) is 15.0 Å². The number of fused-ring (bicyclic) bond motifs is 1. The highest BCUT2D eigenvalue weighted by molar-refractivity contribution is 5.78. The quantitative estimate of drug-likeness (QED) is 0.905. The minimum absolute atomic E-state index is 0.0520. The summed E-state index contributed by atoms with van der Waals surface area (Å²) in [5.74, 6) is 0.0516. The minimum atomic E-state index is -1.61. The average molecular weight is 312 g/mol. The highest BCUT2D eigenvalue weighted by Gasteiger charge is 2.35. The van der Waals surface area contributed by atoms with E-state index in [4.69, 9.17) is 2.74 Å². The van der Waals surface area contributed by atoms with Crippen molar-refractivity contribution >= 4 is 11.0 Å². The van der Waals surface area contributed by atoms with E-state index in [0.717, 1.165) is 23.9 Å². The molecule has 1 unspecified atom stereocenters. The van der Waals surface area contributed by atoms with Crippen LogP contribution in [0.5, 0.6) is 0 Å². The van der Waals surface area contributed by atoms with Crippen LogP contribution in [0.3, 0.4) is 0 Å². The molecule has 0 radical (unpaired) electrons. The number of hydrogen-bond acceptors (Lipinski definition) is 5. The van der Waals surface area contributed by atoms with Crippen LogP contribution in [0, 0.1) is 17.2 Å². The molecule has 2 N–H and O–H groups in total. The topological polar surface area (TPSA) is 80.6 Å². The molecule has 120 valence electrons. The summed E-state index contributed by atoms with van der Waals surface area (Å²) >= 11 is 0. The van der Waals surface area contributed by atoms with Crippen molar-refractivity contribution in [2.45, 2.75) is 44.1 Å². The predicted molar refractivity (Wildman–Crippen MR) is 87.3 cm³/mol. The Kier molecular flexibility index (Phi) is 3.39. The molecule has 0 aromatic carbocycles. The molecule has 3 heterocycles. The Hall–Kier alpha value is -1.97. The normalized spacial score (nSPS) is 27.7. The Bertz CT molecular complexity index is 792. The van der Waals surface area contributed by atoms with Crippen molar-refractivity contribution in [1.29, 1.82) is 5.26 Å². The molecule has 1 saturated heterocycles. The number of nitriles is 1. The molecule has 1 aliphatic heterocycles. The maximum absolute atomic E-state index is 9.26. The average Bonchev–Trinajstić information content (AvgIpc) is 3.31. The van der Waals surface area contributed by atoms with Crippen LogP contribution in [-0.4, -0.2) is 39.0 Å². The van der Waals surface area contributed by atoms with E-state index in [2.05, 4.69) is 26.4 Å². The van der Waals surface area contributed by atoms with Gasteiger partial charge in [-0.1, -0.05) is 12.8 Å². The molecule has 2 aliphatic rings. The van der Waals surface area contributed by atoms with E-state index >= 15 is 0 Å². The SMILES string of the molecule is [2H]C1([2H])NN([C@H](CC#N)C2CCCC2)CC1c1ncnc2[nH]ccc12. The van der Waals surface area contributed by atoms with Gasteiger partial charge in [0.15, 0.2) is 0 Å². The zero-order chi connectivity index (χ0) is 17.4. The summed E-state index contributed by atoms with van der Waals surface area (Å²) in [5.41, 5.74) is 4.48. The number of hydrogen-bond donors (Lipinski definition) is 2. The first-order chi connectivity index (χ1) is 12.1. The molecule has 2 aromatic heterocycles. The smallest absolute Gasteiger partial charge is 0.140 e. The number of nitrogens with one attached hydrogen (secondary N) is 2. The lowest BCUT2D eigenvalue weighted by Crippen LogP contribution is -2.44. The lowest BCUT2D eigenvalue weighted by atomic mass is 9.94. The van der Waals surface area contributed by atoms with Gasteiger partial charge in [-0.2, -0.15) is 5.26 Å². The van der Waals surface area contributed by atoms with E-state index in [1.165, 1.54) is 19.2 Å². The molecule has 0 amide bonds. The van der Waals surface area contributed by atoms with Gasteiger partial charge in [0.2, 0.25) is 0 Å². The van der Waals surface area contributed by atoms with Gasteiger partial charge in [0, 0.05) is 39.3 Å². The largest absolute Gasteiger partial charge is 0.346 e. The summed E-state index contributed by atoms with van der Waals surface area (Å²) in [5, 5.41) is 12.1. The second-order valence-corrected chi connectivity index (χ2v) is 6.43. The van der Waals surface area contributed by atoms with Crippen molar-refractivity contribution in [2.75, 3.05) is 13.0 Å². The van der Waals surface area contributed by atoms with Gasteiger partial charge in [-0.3, -0.25) is 5.43 Å². The fraction of sp³-hybridized carbons (Fsp3) is 0.588. The fourth-order valence-corrected chi connectivity index (χ4v) is 3.96. The molecule has 4 rings (SSSR count). The van der Waals surface area contributed by atoms with Crippen LogP contribution < -0.4 is 5.43 Å². The molecule has 2 aromatic rings. The summed E-state index contributed by atoms with van der Waals surface area (Å²) < 4.78 is 17.0. The second-order valence-electron chi connectivity index (χ2n) is 6.43. The van der Waals surface area contributed by atoms with E-state index in [1.807, 2.05) is 11.1 Å².